The number of primary amides is 1. The molecule has 2 saturated heterocycles. The average Bonchev–Trinajstić information content (AvgIpc) is 2.97. The highest BCUT2D eigenvalue weighted by atomic mass is 16.5. The third kappa shape index (κ3) is 2.96. The van der Waals surface area contributed by atoms with E-state index >= 15 is 0 Å². The maximum atomic E-state index is 11.6. The predicted octanol–water partition coefficient (Wildman–Crippen LogP) is 0.279. The maximum absolute atomic E-state index is 11.6. The molecule has 1 unspecified atom stereocenters. The van der Waals surface area contributed by atoms with Crippen LogP contribution in [0.5, 0.6) is 0 Å². The van der Waals surface area contributed by atoms with Gasteiger partial charge in [-0.25, -0.2) is 0 Å². The highest BCUT2D eigenvalue weighted by molar-refractivity contribution is 5.99. The molecule has 0 aliphatic carbocycles. The van der Waals surface area contributed by atoms with E-state index in [1.165, 1.54) is 0 Å². The molecule has 0 radical (unpaired) electrons. The van der Waals surface area contributed by atoms with E-state index in [1.54, 1.807) is 6.07 Å². The van der Waals surface area contributed by atoms with Gasteiger partial charge in [-0.2, -0.15) is 0 Å². The summed E-state index contributed by atoms with van der Waals surface area (Å²) in [6, 6.07) is 5.91. The Balaban J connectivity index is 1.75. The first-order valence-electron chi connectivity index (χ1n) is 7.41. The summed E-state index contributed by atoms with van der Waals surface area (Å²) in [5.74, 6) is -0.424. The maximum Gasteiger partial charge on any atom is 0.250 e. The van der Waals surface area contributed by atoms with Crippen molar-refractivity contribution in [3.05, 3.63) is 23.8 Å². The Kier molecular flexibility index (Phi) is 3.98. The van der Waals surface area contributed by atoms with E-state index in [-0.39, 0.29) is 0 Å². The summed E-state index contributed by atoms with van der Waals surface area (Å²) in [4.78, 5) is 16.3. The Bertz CT molecular complexity index is 528. The highest BCUT2D eigenvalue weighted by Gasteiger charge is 2.30. The lowest BCUT2D eigenvalue weighted by molar-refractivity contribution is 0.0209. The van der Waals surface area contributed by atoms with E-state index < -0.39 is 5.91 Å². The van der Waals surface area contributed by atoms with Crippen LogP contribution in [0.1, 0.15) is 16.8 Å². The van der Waals surface area contributed by atoms with Crippen molar-refractivity contribution < 1.29 is 9.53 Å². The van der Waals surface area contributed by atoms with E-state index in [0.29, 0.717) is 17.3 Å². The first kappa shape index (κ1) is 14.2. The van der Waals surface area contributed by atoms with Gasteiger partial charge in [-0.05, 0) is 24.6 Å². The largest absolute Gasteiger partial charge is 0.399 e. The molecule has 2 fully saturated rings. The van der Waals surface area contributed by atoms with Gasteiger partial charge >= 0.3 is 0 Å². The lowest BCUT2D eigenvalue weighted by Crippen LogP contribution is -2.44. The van der Waals surface area contributed by atoms with Crippen molar-refractivity contribution in [3.8, 4) is 0 Å². The van der Waals surface area contributed by atoms with Crippen molar-refractivity contribution in [2.75, 3.05) is 50.0 Å². The molecule has 21 heavy (non-hydrogen) atoms. The van der Waals surface area contributed by atoms with Crippen LogP contribution in [0.3, 0.4) is 0 Å². The third-order valence-electron chi connectivity index (χ3n) is 4.35. The molecule has 1 amide bonds. The SMILES string of the molecule is NC(=O)c1cc(N)ccc1N1CCC(N2CCOCC2)C1. The number of carbonyl (C=O) groups is 1. The number of amides is 1. The van der Waals surface area contributed by atoms with Crippen molar-refractivity contribution in [2.45, 2.75) is 12.5 Å². The highest BCUT2D eigenvalue weighted by Crippen LogP contribution is 2.28. The first-order valence-corrected chi connectivity index (χ1v) is 7.41. The zero-order chi connectivity index (χ0) is 14.8. The van der Waals surface area contributed by atoms with Crippen LogP contribution in [0, 0.1) is 0 Å². The van der Waals surface area contributed by atoms with E-state index in [1.807, 2.05) is 12.1 Å². The van der Waals surface area contributed by atoms with E-state index in [2.05, 4.69) is 9.80 Å². The number of benzene rings is 1. The van der Waals surface area contributed by atoms with Crippen molar-refractivity contribution in [1.82, 2.24) is 4.90 Å². The lowest BCUT2D eigenvalue weighted by Gasteiger charge is -2.32. The monoisotopic (exact) mass is 290 g/mol. The molecule has 0 aromatic heterocycles. The molecule has 0 saturated carbocycles. The van der Waals surface area contributed by atoms with Gasteiger partial charge in [-0.3, -0.25) is 9.69 Å². The smallest absolute Gasteiger partial charge is 0.250 e. The van der Waals surface area contributed by atoms with Crippen molar-refractivity contribution in [3.63, 3.8) is 0 Å². The number of nitrogen functional groups attached to an aromatic ring is 1. The van der Waals surface area contributed by atoms with Gasteiger partial charge in [0, 0.05) is 43.6 Å². The Morgan fingerprint density at radius 1 is 1.24 bits per heavy atom. The van der Waals surface area contributed by atoms with Crippen LogP contribution in [0.4, 0.5) is 11.4 Å². The first-order chi connectivity index (χ1) is 10.1. The standard InChI is InChI=1S/C15H22N4O2/c16-11-1-2-14(13(9-11)15(17)20)19-4-3-12(10-19)18-5-7-21-8-6-18/h1-2,9,12H,3-8,10,16H2,(H2,17,20). The number of nitrogens with two attached hydrogens (primary N) is 2. The topological polar surface area (TPSA) is 84.8 Å². The second kappa shape index (κ2) is 5.91. The van der Waals surface area contributed by atoms with Gasteiger partial charge < -0.3 is 21.1 Å². The summed E-state index contributed by atoms with van der Waals surface area (Å²) in [5, 5.41) is 0. The molecule has 1 aromatic carbocycles. The van der Waals surface area contributed by atoms with Gasteiger partial charge in [-0.15, -0.1) is 0 Å². The molecule has 4 N–H and O–H groups in total. The summed E-state index contributed by atoms with van der Waals surface area (Å²) in [5.41, 5.74) is 13.2. The molecule has 114 valence electrons. The summed E-state index contributed by atoms with van der Waals surface area (Å²) in [6.45, 7) is 5.46. The van der Waals surface area contributed by atoms with Crippen LogP contribution in [-0.4, -0.2) is 56.2 Å². The van der Waals surface area contributed by atoms with Crippen molar-refractivity contribution in [2.24, 2.45) is 5.73 Å². The Labute approximate surface area is 124 Å². The van der Waals surface area contributed by atoms with Gasteiger partial charge in [0.2, 0.25) is 0 Å². The van der Waals surface area contributed by atoms with Crippen LogP contribution in [-0.2, 0) is 4.74 Å². The normalized spacial score (nSPS) is 23.4. The molecule has 2 aliphatic rings. The van der Waals surface area contributed by atoms with E-state index in [4.69, 9.17) is 16.2 Å². The summed E-state index contributed by atoms with van der Waals surface area (Å²) in [6.07, 6.45) is 1.10. The number of nitrogens with zero attached hydrogens (tertiary/aromatic N) is 2. The zero-order valence-electron chi connectivity index (χ0n) is 12.1. The Morgan fingerprint density at radius 3 is 2.71 bits per heavy atom. The fourth-order valence-electron chi connectivity index (χ4n) is 3.23. The molecule has 0 spiro atoms. The number of carbonyl (C=O) groups excluding carboxylic acids is 1. The van der Waals surface area contributed by atoms with Crippen molar-refractivity contribution >= 4 is 17.3 Å². The number of anilines is 2. The Hall–Kier alpha value is -1.79. The minimum atomic E-state index is -0.424. The molecule has 1 aromatic rings. The third-order valence-corrected chi connectivity index (χ3v) is 4.35. The molecule has 6 heteroatoms. The number of rotatable bonds is 3. The molecule has 6 nitrogen and oxygen atoms in total. The van der Waals surface area contributed by atoms with Crippen LogP contribution >= 0.6 is 0 Å². The molecule has 2 aliphatic heterocycles. The number of hydrogen-bond donors (Lipinski definition) is 2. The van der Waals surface area contributed by atoms with E-state index in [0.717, 1.165) is 51.5 Å². The van der Waals surface area contributed by atoms with Crippen LogP contribution in [0.2, 0.25) is 0 Å². The second-order valence-corrected chi connectivity index (χ2v) is 5.68. The fourth-order valence-corrected chi connectivity index (χ4v) is 3.23. The van der Waals surface area contributed by atoms with Gasteiger partial charge in [-0.1, -0.05) is 0 Å². The minimum absolute atomic E-state index is 0.424. The van der Waals surface area contributed by atoms with Crippen molar-refractivity contribution in [1.29, 1.82) is 0 Å². The van der Waals surface area contributed by atoms with Gasteiger partial charge in [0.15, 0.2) is 0 Å². The average molecular weight is 290 g/mol. The number of hydrogen-bond acceptors (Lipinski definition) is 5. The molecular formula is C15H22N4O2. The van der Waals surface area contributed by atoms with Gasteiger partial charge in [0.05, 0.1) is 18.8 Å². The van der Waals surface area contributed by atoms with Crippen LogP contribution < -0.4 is 16.4 Å². The molecular weight excluding hydrogens is 268 g/mol. The number of ether oxygens (including phenoxy) is 1. The molecule has 3 rings (SSSR count). The van der Waals surface area contributed by atoms with Crippen LogP contribution in [0.15, 0.2) is 18.2 Å². The molecule has 2 heterocycles. The second-order valence-electron chi connectivity index (χ2n) is 5.68. The van der Waals surface area contributed by atoms with Crippen LogP contribution in [0.25, 0.3) is 0 Å². The summed E-state index contributed by atoms with van der Waals surface area (Å²) < 4.78 is 5.40. The zero-order valence-corrected chi connectivity index (χ0v) is 12.1. The number of morpholine rings is 1. The van der Waals surface area contributed by atoms with Gasteiger partial charge in [0.1, 0.15) is 0 Å². The fraction of sp³-hybridized carbons (Fsp3) is 0.533. The van der Waals surface area contributed by atoms with Gasteiger partial charge in [0.25, 0.3) is 5.91 Å². The Morgan fingerprint density at radius 2 is 2.00 bits per heavy atom. The summed E-state index contributed by atoms with van der Waals surface area (Å²) in [7, 11) is 0. The summed E-state index contributed by atoms with van der Waals surface area (Å²) >= 11 is 0. The molecule has 0 bridgehead atoms. The van der Waals surface area contributed by atoms with E-state index in [9.17, 15) is 4.79 Å². The molecule has 1 atom stereocenters. The quantitative estimate of drug-likeness (QED) is 0.781. The lowest BCUT2D eigenvalue weighted by atomic mass is 10.1. The minimum Gasteiger partial charge on any atom is -0.399 e. The predicted molar refractivity (Wildman–Crippen MR) is 82.4 cm³/mol.